The Kier molecular flexibility index (Phi) is 3.12. The number of hydrogen-bond acceptors (Lipinski definition) is 6. The number of halogens is 1. The van der Waals surface area contributed by atoms with E-state index in [9.17, 15) is 29.0 Å². The van der Waals surface area contributed by atoms with E-state index in [0.29, 0.717) is 0 Å². The number of piperidine rings is 1. The van der Waals surface area contributed by atoms with Crippen LogP contribution >= 0.6 is 0 Å². The molecule has 0 unspecified atom stereocenters. The lowest BCUT2D eigenvalue weighted by Crippen LogP contribution is -2.63. The maximum atomic E-state index is 13.9. The third-order valence-electron chi connectivity index (χ3n) is 4.33. The summed E-state index contributed by atoms with van der Waals surface area (Å²) in [6, 6.07) is 0. The number of imide groups is 1. The summed E-state index contributed by atoms with van der Waals surface area (Å²) >= 11 is 0. The third kappa shape index (κ3) is 1.91. The first-order valence-corrected chi connectivity index (χ1v) is 6.86. The quantitative estimate of drug-likeness (QED) is 0.195. The predicted octanol–water partition coefficient (Wildman–Crippen LogP) is -2.55. The second-order valence-corrected chi connectivity index (χ2v) is 5.64. The van der Waals surface area contributed by atoms with Crippen molar-refractivity contribution in [3.63, 3.8) is 0 Å². The van der Waals surface area contributed by atoms with E-state index in [4.69, 9.17) is 5.73 Å². The molecule has 8 nitrogen and oxygen atoms in total. The summed E-state index contributed by atoms with van der Waals surface area (Å²) in [7, 11) is 1.29. The fourth-order valence-corrected chi connectivity index (χ4v) is 2.97. The lowest BCUT2D eigenvalue weighted by molar-refractivity contribution is -0.167. The highest BCUT2D eigenvalue weighted by atomic mass is 19.1. The van der Waals surface area contributed by atoms with Gasteiger partial charge in [-0.2, -0.15) is 0 Å². The molecule has 0 aromatic heterocycles. The Labute approximate surface area is 130 Å². The highest BCUT2D eigenvalue weighted by Crippen LogP contribution is 2.38. The summed E-state index contributed by atoms with van der Waals surface area (Å²) in [6.07, 6.45) is -0.415. The normalized spacial score (nSPS) is 23.9. The van der Waals surface area contributed by atoms with Crippen LogP contribution in [0.5, 0.6) is 5.75 Å². The number of rotatable bonds is 1. The zero-order valence-corrected chi connectivity index (χ0v) is 12.1. The Balaban J connectivity index is 2.08. The van der Waals surface area contributed by atoms with E-state index < -0.39 is 35.0 Å². The first-order valence-electron chi connectivity index (χ1n) is 6.86. The van der Waals surface area contributed by atoms with Gasteiger partial charge in [0.1, 0.15) is 7.85 Å². The van der Waals surface area contributed by atoms with Crippen LogP contribution in [0.1, 0.15) is 28.8 Å². The maximum absolute atomic E-state index is 13.9. The summed E-state index contributed by atoms with van der Waals surface area (Å²) < 4.78 is 13.9. The Morgan fingerprint density at radius 1 is 1.35 bits per heavy atom. The van der Waals surface area contributed by atoms with E-state index in [1.54, 1.807) is 0 Å². The van der Waals surface area contributed by atoms with Crippen LogP contribution in [0.4, 0.5) is 10.1 Å². The average molecular weight is 321 g/mol. The molecule has 1 atom stereocenters. The number of phenols is 1. The number of aromatic hydroxyl groups is 1. The van der Waals surface area contributed by atoms with Crippen molar-refractivity contribution < 1.29 is 29.0 Å². The first-order chi connectivity index (χ1) is 10.7. The molecular formula is C13H13BFN3O5. The first kappa shape index (κ1) is 15.3. The molecule has 5 N–H and O–H groups in total. The Morgan fingerprint density at radius 2 is 2.00 bits per heavy atom. The zero-order valence-electron chi connectivity index (χ0n) is 12.1. The number of nitrogens with one attached hydrogen (secondary N) is 1. The van der Waals surface area contributed by atoms with Crippen LogP contribution in [0.3, 0.4) is 0 Å². The molecule has 10 heteroatoms. The van der Waals surface area contributed by atoms with Crippen LogP contribution in [0, 0.1) is 5.82 Å². The number of aliphatic hydroxyl groups is 1. The van der Waals surface area contributed by atoms with Crippen LogP contribution in [0.15, 0.2) is 0 Å². The molecule has 2 heterocycles. The number of nitrogens with zero attached hydrogens (tertiary/aromatic N) is 1. The molecule has 0 bridgehead atoms. The minimum Gasteiger partial charge on any atom is -0.503 e. The van der Waals surface area contributed by atoms with Gasteiger partial charge in [-0.25, -0.2) is 4.39 Å². The SMILES string of the molecule is Bc1c(F)c(O)c(N)c2c1C(=O)N([C@@]1(O)CCC(=O)NC1=O)C2. The van der Waals surface area contributed by atoms with Crippen molar-refractivity contribution >= 4 is 36.7 Å². The number of carbonyl (C=O) groups is 3. The standard InChI is InChI=1S/C13H13BFN3O5/c14-7-6-4(9(16)10(20)8(7)15)3-18(11(6)21)13(23)2-1-5(19)17-12(13)22/h20,23H,1-3,14,16H2,(H,17,19,22)/t13-/m1/s1. The van der Waals surface area contributed by atoms with Crippen LogP contribution in [-0.4, -0.2) is 46.4 Å². The van der Waals surface area contributed by atoms with Crippen molar-refractivity contribution in [3.8, 4) is 5.75 Å². The fourth-order valence-electron chi connectivity index (χ4n) is 2.97. The van der Waals surface area contributed by atoms with Gasteiger partial charge in [0.15, 0.2) is 11.6 Å². The van der Waals surface area contributed by atoms with Crippen LogP contribution < -0.4 is 16.5 Å². The van der Waals surface area contributed by atoms with Crippen LogP contribution in [-0.2, 0) is 16.1 Å². The zero-order chi connectivity index (χ0) is 17.1. The van der Waals surface area contributed by atoms with Crippen molar-refractivity contribution in [1.29, 1.82) is 0 Å². The molecule has 0 aliphatic carbocycles. The summed E-state index contributed by atoms with van der Waals surface area (Å²) in [4.78, 5) is 36.6. The molecule has 3 rings (SSSR count). The number of carbonyl (C=O) groups excluding carboxylic acids is 3. The Morgan fingerprint density at radius 3 is 2.61 bits per heavy atom. The fraction of sp³-hybridized carbons (Fsp3) is 0.308. The number of hydrogen-bond donors (Lipinski definition) is 4. The molecule has 23 heavy (non-hydrogen) atoms. The maximum Gasteiger partial charge on any atom is 0.279 e. The van der Waals surface area contributed by atoms with Gasteiger partial charge < -0.3 is 15.9 Å². The second kappa shape index (κ2) is 4.69. The van der Waals surface area contributed by atoms with E-state index in [1.165, 1.54) is 7.85 Å². The number of nitrogens with two attached hydrogens (primary N) is 1. The average Bonchev–Trinajstić information content (AvgIpc) is 2.85. The molecule has 1 aromatic carbocycles. The minimum atomic E-state index is -2.23. The summed E-state index contributed by atoms with van der Waals surface area (Å²) in [6.45, 7) is -0.271. The van der Waals surface area contributed by atoms with Crippen molar-refractivity contribution in [3.05, 3.63) is 16.9 Å². The van der Waals surface area contributed by atoms with Gasteiger partial charge in [0, 0.05) is 24.0 Å². The number of nitrogen functional groups attached to an aromatic ring is 1. The molecule has 1 aromatic rings. The van der Waals surface area contributed by atoms with Crippen molar-refractivity contribution in [2.45, 2.75) is 25.1 Å². The van der Waals surface area contributed by atoms with E-state index in [1.807, 2.05) is 5.32 Å². The molecule has 1 fully saturated rings. The van der Waals surface area contributed by atoms with Gasteiger partial charge in [-0.05, 0) is 5.46 Å². The Hall–Kier alpha value is -2.62. The van der Waals surface area contributed by atoms with Gasteiger partial charge in [-0.3, -0.25) is 24.6 Å². The molecular weight excluding hydrogens is 308 g/mol. The smallest absolute Gasteiger partial charge is 0.279 e. The minimum absolute atomic E-state index is 0.0871. The number of fused-ring (bicyclic) bond motifs is 1. The summed E-state index contributed by atoms with van der Waals surface area (Å²) in [5, 5.41) is 22.2. The second-order valence-electron chi connectivity index (χ2n) is 5.64. The number of anilines is 1. The highest BCUT2D eigenvalue weighted by Gasteiger charge is 2.51. The predicted molar refractivity (Wildman–Crippen MR) is 77.9 cm³/mol. The third-order valence-corrected chi connectivity index (χ3v) is 4.33. The van der Waals surface area contributed by atoms with Crippen LogP contribution in [0.25, 0.3) is 0 Å². The van der Waals surface area contributed by atoms with Crippen molar-refractivity contribution in [2.24, 2.45) is 0 Å². The van der Waals surface area contributed by atoms with Gasteiger partial charge in [-0.1, -0.05) is 0 Å². The molecule has 0 radical (unpaired) electrons. The molecule has 0 saturated carbocycles. The summed E-state index contributed by atoms with van der Waals surface area (Å²) in [5.41, 5.74) is 3.06. The number of phenolic OH excluding ortho intramolecular Hbond substituents is 1. The largest absolute Gasteiger partial charge is 0.503 e. The molecule has 2 aliphatic heterocycles. The van der Waals surface area contributed by atoms with E-state index in [2.05, 4.69) is 0 Å². The molecule has 2 aliphatic rings. The highest BCUT2D eigenvalue weighted by molar-refractivity contribution is 6.38. The molecule has 0 spiro atoms. The van der Waals surface area contributed by atoms with Gasteiger partial charge >= 0.3 is 0 Å². The van der Waals surface area contributed by atoms with Gasteiger partial charge in [0.25, 0.3) is 11.8 Å². The van der Waals surface area contributed by atoms with E-state index in [0.717, 1.165) is 4.90 Å². The van der Waals surface area contributed by atoms with Gasteiger partial charge in [0.05, 0.1) is 12.2 Å². The Bertz CT molecular complexity index is 784. The molecule has 3 amide bonds. The van der Waals surface area contributed by atoms with E-state index >= 15 is 0 Å². The number of benzene rings is 1. The summed E-state index contributed by atoms with van der Waals surface area (Å²) in [5.74, 6) is -4.15. The molecule has 1 saturated heterocycles. The van der Waals surface area contributed by atoms with Crippen LogP contribution in [0.2, 0.25) is 0 Å². The lowest BCUT2D eigenvalue weighted by atomic mass is 9.86. The monoisotopic (exact) mass is 321 g/mol. The van der Waals surface area contributed by atoms with Gasteiger partial charge in [0.2, 0.25) is 11.6 Å². The topological polar surface area (TPSA) is 133 Å². The lowest BCUT2D eigenvalue weighted by Gasteiger charge is -2.37. The van der Waals surface area contributed by atoms with Gasteiger partial charge in [-0.15, -0.1) is 0 Å². The number of amides is 3. The van der Waals surface area contributed by atoms with Crippen molar-refractivity contribution in [2.75, 3.05) is 5.73 Å². The molecule has 120 valence electrons. The van der Waals surface area contributed by atoms with Crippen molar-refractivity contribution in [1.82, 2.24) is 10.2 Å². The van der Waals surface area contributed by atoms with E-state index in [-0.39, 0.29) is 41.7 Å².